The molecule has 0 spiro atoms. The van der Waals surface area contributed by atoms with Gasteiger partial charge in [0, 0.05) is 17.6 Å². The topological polar surface area (TPSA) is 32.3 Å². The molecule has 0 heterocycles. The molecule has 78 valence electrons. The van der Waals surface area contributed by atoms with Gasteiger partial charge in [-0.3, -0.25) is 0 Å². The summed E-state index contributed by atoms with van der Waals surface area (Å²) in [6, 6.07) is 0. The Morgan fingerprint density at radius 2 is 2.23 bits per heavy atom. The van der Waals surface area contributed by atoms with E-state index in [0.29, 0.717) is 12.5 Å². The van der Waals surface area contributed by atoms with Gasteiger partial charge in [0.1, 0.15) is 0 Å². The van der Waals surface area contributed by atoms with Gasteiger partial charge in [0.05, 0.1) is 0 Å². The summed E-state index contributed by atoms with van der Waals surface area (Å²) in [7, 11) is 0. The molecule has 1 atom stereocenters. The monoisotopic (exact) mass is 249 g/mol. The van der Waals surface area contributed by atoms with Crippen molar-refractivity contribution in [1.29, 1.82) is 0 Å². The molecular formula is C10H20BrNO. The van der Waals surface area contributed by atoms with E-state index in [1.54, 1.807) is 0 Å². The van der Waals surface area contributed by atoms with E-state index in [1.165, 1.54) is 12.8 Å². The molecule has 0 fully saturated rings. The first-order valence-electron chi connectivity index (χ1n) is 4.85. The SMILES string of the molecule is C=C(Br)CNCC(CCC)CCO. The molecule has 0 aliphatic heterocycles. The van der Waals surface area contributed by atoms with Crippen LogP contribution in [0.5, 0.6) is 0 Å². The predicted octanol–water partition coefficient (Wildman–Crippen LogP) is 2.28. The first-order valence-corrected chi connectivity index (χ1v) is 5.64. The Morgan fingerprint density at radius 1 is 1.54 bits per heavy atom. The van der Waals surface area contributed by atoms with Gasteiger partial charge in [-0.15, -0.1) is 0 Å². The van der Waals surface area contributed by atoms with E-state index in [1.807, 2.05) is 0 Å². The fourth-order valence-corrected chi connectivity index (χ4v) is 1.55. The minimum atomic E-state index is 0.293. The molecule has 2 nitrogen and oxygen atoms in total. The normalized spacial score (nSPS) is 12.8. The number of hydrogen-bond donors (Lipinski definition) is 2. The minimum Gasteiger partial charge on any atom is -0.396 e. The summed E-state index contributed by atoms with van der Waals surface area (Å²) in [5, 5.41) is 12.1. The van der Waals surface area contributed by atoms with E-state index in [0.717, 1.165) is 24.0 Å². The molecule has 13 heavy (non-hydrogen) atoms. The number of halogens is 1. The van der Waals surface area contributed by atoms with Crippen molar-refractivity contribution >= 4 is 15.9 Å². The van der Waals surface area contributed by atoms with Crippen molar-refractivity contribution in [2.75, 3.05) is 19.7 Å². The number of aliphatic hydroxyl groups excluding tert-OH is 1. The maximum atomic E-state index is 8.82. The van der Waals surface area contributed by atoms with E-state index in [-0.39, 0.29) is 0 Å². The molecule has 0 aromatic heterocycles. The number of nitrogens with one attached hydrogen (secondary N) is 1. The van der Waals surface area contributed by atoms with Crippen molar-refractivity contribution in [2.45, 2.75) is 26.2 Å². The zero-order chi connectivity index (χ0) is 10.1. The highest BCUT2D eigenvalue weighted by atomic mass is 79.9. The van der Waals surface area contributed by atoms with Gasteiger partial charge in [0.2, 0.25) is 0 Å². The first-order chi connectivity index (χ1) is 6.20. The van der Waals surface area contributed by atoms with E-state index < -0.39 is 0 Å². The third-order valence-electron chi connectivity index (χ3n) is 1.98. The Balaban J connectivity index is 3.49. The van der Waals surface area contributed by atoms with Crippen molar-refractivity contribution in [3.63, 3.8) is 0 Å². The van der Waals surface area contributed by atoms with Gasteiger partial charge in [0.15, 0.2) is 0 Å². The van der Waals surface area contributed by atoms with Crippen LogP contribution in [-0.2, 0) is 0 Å². The summed E-state index contributed by atoms with van der Waals surface area (Å²) in [6.45, 7) is 8.00. The average molecular weight is 250 g/mol. The summed E-state index contributed by atoms with van der Waals surface area (Å²) in [6.07, 6.45) is 3.26. The zero-order valence-electron chi connectivity index (χ0n) is 8.35. The van der Waals surface area contributed by atoms with E-state index in [2.05, 4.69) is 34.7 Å². The molecule has 0 saturated heterocycles. The second-order valence-electron chi connectivity index (χ2n) is 3.32. The van der Waals surface area contributed by atoms with E-state index in [9.17, 15) is 0 Å². The van der Waals surface area contributed by atoms with Crippen LogP contribution >= 0.6 is 15.9 Å². The van der Waals surface area contributed by atoms with Gasteiger partial charge in [-0.05, 0) is 25.3 Å². The van der Waals surface area contributed by atoms with Crippen LogP contribution in [0.2, 0.25) is 0 Å². The maximum absolute atomic E-state index is 8.82. The fourth-order valence-electron chi connectivity index (χ4n) is 1.35. The maximum Gasteiger partial charge on any atom is 0.0434 e. The lowest BCUT2D eigenvalue weighted by molar-refractivity contribution is 0.249. The molecule has 2 N–H and O–H groups in total. The van der Waals surface area contributed by atoms with Gasteiger partial charge < -0.3 is 10.4 Å². The Hall–Kier alpha value is 0.140. The lowest BCUT2D eigenvalue weighted by atomic mass is 10.0. The third-order valence-corrected chi connectivity index (χ3v) is 2.26. The molecule has 0 aliphatic rings. The minimum absolute atomic E-state index is 0.293. The van der Waals surface area contributed by atoms with Crippen molar-refractivity contribution in [3.8, 4) is 0 Å². The smallest absolute Gasteiger partial charge is 0.0434 e. The Morgan fingerprint density at radius 3 is 2.69 bits per heavy atom. The van der Waals surface area contributed by atoms with Gasteiger partial charge in [-0.25, -0.2) is 0 Å². The Bertz CT molecular complexity index is 133. The van der Waals surface area contributed by atoms with Crippen molar-refractivity contribution < 1.29 is 5.11 Å². The molecule has 0 rings (SSSR count). The standard InChI is InChI=1S/C10H20BrNO/c1-3-4-10(5-6-13)8-12-7-9(2)11/h10,12-13H,2-8H2,1H3. The summed E-state index contributed by atoms with van der Waals surface area (Å²) < 4.78 is 0.978. The fraction of sp³-hybridized carbons (Fsp3) is 0.800. The summed E-state index contributed by atoms with van der Waals surface area (Å²) in [4.78, 5) is 0. The lowest BCUT2D eigenvalue weighted by Crippen LogP contribution is -2.24. The van der Waals surface area contributed by atoms with Crippen LogP contribution in [0.1, 0.15) is 26.2 Å². The highest BCUT2D eigenvalue weighted by Gasteiger charge is 2.05. The van der Waals surface area contributed by atoms with Crippen molar-refractivity contribution in [2.24, 2.45) is 5.92 Å². The second kappa shape index (κ2) is 8.73. The summed E-state index contributed by atoms with van der Waals surface area (Å²) >= 11 is 3.30. The van der Waals surface area contributed by atoms with Gasteiger partial charge in [-0.1, -0.05) is 35.9 Å². The molecule has 0 aliphatic carbocycles. The molecule has 0 bridgehead atoms. The number of rotatable bonds is 8. The van der Waals surface area contributed by atoms with Gasteiger partial charge in [-0.2, -0.15) is 0 Å². The zero-order valence-corrected chi connectivity index (χ0v) is 9.94. The van der Waals surface area contributed by atoms with E-state index >= 15 is 0 Å². The first kappa shape index (κ1) is 13.1. The molecule has 1 unspecified atom stereocenters. The Labute approximate surface area is 89.5 Å². The highest BCUT2D eigenvalue weighted by Crippen LogP contribution is 2.09. The van der Waals surface area contributed by atoms with Crippen LogP contribution in [0.4, 0.5) is 0 Å². The Kier molecular flexibility index (Phi) is 8.82. The quantitative estimate of drug-likeness (QED) is 0.692. The molecule has 0 aromatic carbocycles. The third kappa shape index (κ3) is 8.47. The van der Waals surface area contributed by atoms with Gasteiger partial charge in [0.25, 0.3) is 0 Å². The predicted molar refractivity (Wildman–Crippen MR) is 61.0 cm³/mol. The van der Waals surface area contributed by atoms with Crippen LogP contribution in [-0.4, -0.2) is 24.8 Å². The molecule has 0 amide bonds. The van der Waals surface area contributed by atoms with Crippen LogP contribution in [0.15, 0.2) is 11.1 Å². The second-order valence-corrected chi connectivity index (χ2v) is 4.44. The lowest BCUT2D eigenvalue weighted by Gasteiger charge is -2.15. The average Bonchev–Trinajstić information content (AvgIpc) is 2.04. The number of hydrogen-bond acceptors (Lipinski definition) is 2. The van der Waals surface area contributed by atoms with Crippen LogP contribution in [0.3, 0.4) is 0 Å². The molecule has 0 radical (unpaired) electrons. The number of aliphatic hydroxyl groups is 1. The molecular weight excluding hydrogens is 230 g/mol. The molecule has 3 heteroatoms. The highest BCUT2D eigenvalue weighted by molar-refractivity contribution is 9.11. The van der Waals surface area contributed by atoms with E-state index in [4.69, 9.17) is 5.11 Å². The largest absolute Gasteiger partial charge is 0.396 e. The van der Waals surface area contributed by atoms with Crippen molar-refractivity contribution in [3.05, 3.63) is 11.1 Å². The van der Waals surface area contributed by atoms with Gasteiger partial charge >= 0.3 is 0 Å². The van der Waals surface area contributed by atoms with Crippen LogP contribution in [0, 0.1) is 5.92 Å². The summed E-state index contributed by atoms with van der Waals surface area (Å²) in [5.74, 6) is 0.599. The molecule has 0 aromatic rings. The van der Waals surface area contributed by atoms with Crippen LogP contribution in [0.25, 0.3) is 0 Å². The summed E-state index contributed by atoms with van der Waals surface area (Å²) in [5.41, 5.74) is 0. The van der Waals surface area contributed by atoms with Crippen LogP contribution < -0.4 is 5.32 Å². The molecule has 0 saturated carbocycles. The van der Waals surface area contributed by atoms with Crippen molar-refractivity contribution in [1.82, 2.24) is 5.32 Å².